The number of rotatable bonds is 8. The molecule has 0 bridgehead atoms. The molecule has 18 aromatic carbocycles. The number of hydrogen-bond donors (Lipinski definition) is 4. The molecule has 136 heavy (non-hydrogen) atoms. The Balaban J connectivity index is 0.000000104. The molecule has 0 radical (unpaired) electrons. The monoisotopic (exact) mass is 2270 g/mol. The Morgan fingerprint density at radius 1 is 0.199 bits per heavy atom. The van der Waals surface area contributed by atoms with E-state index in [1.165, 1.54) is 186 Å². The van der Waals surface area contributed by atoms with E-state index in [0.29, 0.717) is 10.9 Å². The molecule has 0 saturated carbocycles. The maximum atomic E-state index is 9.15. The Bertz CT molecular complexity index is 8470. The average Bonchev–Trinajstić information content (AvgIpc) is 1.59. The van der Waals surface area contributed by atoms with Gasteiger partial charge in [0.25, 0.3) is 0 Å². The lowest BCUT2D eigenvalue weighted by Crippen LogP contribution is -2.41. The van der Waals surface area contributed by atoms with Gasteiger partial charge in [0, 0.05) is 157 Å². The zero-order valence-corrected chi connectivity index (χ0v) is 88.4. The van der Waals surface area contributed by atoms with Crippen molar-refractivity contribution >= 4 is 354 Å². The van der Waals surface area contributed by atoms with Crippen LogP contribution in [0.4, 0.5) is 0 Å². The zero-order chi connectivity index (χ0) is 93.4. The van der Waals surface area contributed by atoms with Crippen molar-refractivity contribution in [3.05, 3.63) is 397 Å². The molecule has 7 aromatic heterocycles. The summed E-state index contributed by atoms with van der Waals surface area (Å²) < 4.78 is 37.7. The van der Waals surface area contributed by atoms with Gasteiger partial charge in [-0.05, 0) is 286 Å². The van der Waals surface area contributed by atoms with Crippen LogP contribution in [-0.4, -0.2) is 52.7 Å². The van der Waals surface area contributed by atoms with Gasteiger partial charge in [0.05, 0.1) is 11.2 Å². The number of benzene rings is 18. The molecule has 1 aliphatic heterocycles. The second-order valence-corrected chi connectivity index (χ2v) is 47.5. The fraction of sp³-hybridized carbons (Fsp3) is 0.0526. The Hall–Kier alpha value is -9.67. The van der Waals surface area contributed by atoms with Gasteiger partial charge in [-0.1, -0.05) is 290 Å². The van der Waals surface area contributed by atoms with Gasteiger partial charge in [-0.2, -0.15) is 0 Å². The topological polar surface area (TPSA) is 99.4 Å². The molecule has 1 fully saturated rings. The van der Waals surface area contributed by atoms with Crippen LogP contribution in [0.15, 0.2) is 397 Å². The fourth-order valence-corrected chi connectivity index (χ4v) is 29.4. The predicted molar refractivity (Wildman–Crippen MR) is 618 cm³/mol. The minimum Gasteiger partial charge on any atom is -0.423 e. The van der Waals surface area contributed by atoms with E-state index in [1.807, 2.05) is 123 Å². The molecule has 662 valence electrons. The van der Waals surface area contributed by atoms with E-state index >= 15 is 0 Å². The first-order valence-corrected chi connectivity index (χ1v) is 54.4. The highest BCUT2D eigenvalue weighted by molar-refractivity contribution is 9.12. The van der Waals surface area contributed by atoms with Crippen molar-refractivity contribution in [2.45, 2.75) is 38.9 Å². The third-order valence-corrected chi connectivity index (χ3v) is 35.8. The molecule has 22 heteroatoms. The van der Waals surface area contributed by atoms with Gasteiger partial charge in [0.2, 0.25) is 0 Å². The fourth-order valence-electron chi connectivity index (χ4n) is 17.6. The summed E-state index contributed by atoms with van der Waals surface area (Å²) in [6.45, 7) is 8.46. The largest absolute Gasteiger partial charge is 0.494 e. The lowest BCUT2D eigenvalue weighted by atomic mass is 9.76. The summed E-state index contributed by atoms with van der Waals surface area (Å²) in [5.74, 6) is 0. The Kier molecular flexibility index (Phi) is 26.7. The summed E-state index contributed by atoms with van der Waals surface area (Å²) >= 11 is 33.7. The predicted octanol–water partition coefficient (Wildman–Crippen LogP) is 35.3. The first kappa shape index (κ1) is 92.7. The van der Waals surface area contributed by atoms with Crippen LogP contribution < -0.4 is 16.4 Å². The summed E-state index contributed by atoms with van der Waals surface area (Å²) in [5, 5.41) is 54.4. The van der Waals surface area contributed by atoms with Crippen LogP contribution in [-0.2, 0) is 9.31 Å². The van der Waals surface area contributed by atoms with Gasteiger partial charge in [-0.15, -0.1) is 79.4 Å². The molecule has 1 aliphatic rings. The van der Waals surface area contributed by atoms with E-state index in [1.54, 1.807) is 34.8 Å². The molecule has 6 nitrogen and oxygen atoms in total. The molecule has 0 amide bonds. The van der Waals surface area contributed by atoms with Gasteiger partial charge < -0.3 is 29.4 Å². The third kappa shape index (κ3) is 19.3. The third-order valence-electron chi connectivity index (χ3n) is 25.0. The summed E-state index contributed by atoms with van der Waals surface area (Å²) in [4.78, 5) is 0. The second-order valence-electron chi connectivity index (χ2n) is 34.4. The molecular formula is C114H77B3Br6O6S7. The van der Waals surface area contributed by atoms with Crippen molar-refractivity contribution < 1.29 is 29.4 Å². The molecule has 25 aromatic rings. The first-order valence-electron chi connectivity index (χ1n) is 43.9. The molecule has 0 atom stereocenters. The molecule has 8 heterocycles. The number of hydrogen-bond acceptors (Lipinski definition) is 13. The lowest BCUT2D eigenvalue weighted by molar-refractivity contribution is 0.00578. The molecule has 1 saturated heterocycles. The first-order chi connectivity index (χ1) is 65.9. The summed E-state index contributed by atoms with van der Waals surface area (Å²) in [7, 11) is -3.23. The Morgan fingerprint density at radius 2 is 0.382 bits per heavy atom. The highest BCUT2D eigenvalue weighted by Crippen LogP contribution is 2.47. The highest BCUT2D eigenvalue weighted by Gasteiger charge is 2.52. The van der Waals surface area contributed by atoms with Crippen molar-refractivity contribution in [2.75, 3.05) is 0 Å². The van der Waals surface area contributed by atoms with E-state index in [-0.39, 0.29) is 0 Å². The minimum atomic E-state index is -1.40. The van der Waals surface area contributed by atoms with Gasteiger partial charge in [0.15, 0.2) is 0 Å². The van der Waals surface area contributed by atoms with Crippen LogP contribution >= 0.6 is 175 Å². The molecule has 4 N–H and O–H groups in total. The number of thiophene rings is 7. The summed E-state index contributed by atoms with van der Waals surface area (Å²) in [6, 6.07) is 131. The summed E-state index contributed by atoms with van der Waals surface area (Å²) in [6.07, 6.45) is 0. The van der Waals surface area contributed by atoms with Gasteiger partial charge in [-0.25, -0.2) is 0 Å². The van der Waals surface area contributed by atoms with Gasteiger partial charge in [-0.3, -0.25) is 0 Å². The van der Waals surface area contributed by atoms with Crippen molar-refractivity contribution in [3.8, 4) is 55.6 Å². The second kappa shape index (κ2) is 39.2. The average molecular weight is 2280 g/mol. The van der Waals surface area contributed by atoms with Crippen LogP contribution in [0.2, 0.25) is 0 Å². The Morgan fingerprint density at radius 3 is 0.618 bits per heavy atom. The van der Waals surface area contributed by atoms with E-state index in [2.05, 4.69) is 414 Å². The van der Waals surface area contributed by atoms with Gasteiger partial charge in [0.1, 0.15) is 0 Å². The van der Waals surface area contributed by atoms with E-state index in [0.717, 1.165) is 43.1 Å². The molecule has 26 rings (SSSR count). The zero-order valence-electron chi connectivity index (χ0n) is 73.2. The van der Waals surface area contributed by atoms with Crippen LogP contribution in [0, 0.1) is 0 Å². The quantitative estimate of drug-likeness (QED) is 0.113. The van der Waals surface area contributed by atoms with Crippen molar-refractivity contribution in [3.63, 3.8) is 0 Å². The maximum Gasteiger partial charge on any atom is 0.494 e. The number of halogens is 6. The lowest BCUT2D eigenvalue weighted by Gasteiger charge is -2.32. The van der Waals surface area contributed by atoms with Gasteiger partial charge >= 0.3 is 21.4 Å². The molecule has 0 spiro atoms. The minimum absolute atomic E-state index is 0.406. The molecular weight excluding hydrogens is 2200 g/mol. The van der Waals surface area contributed by atoms with Crippen LogP contribution in [0.1, 0.15) is 27.7 Å². The van der Waals surface area contributed by atoms with E-state index in [4.69, 9.17) is 29.4 Å². The van der Waals surface area contributed by atoms with E-state index < -0.39 is 32.6 Å². The van der Waals surface area contributed by atoms with Crippen LogP contribution in [0.25, 0.3) is 197 Å². The Labute approximate surface area is 865 Å². The van der Waals surface area contributed by atoms with E-state index in [9.17, 15) is 0 Å². The van der Waals surface area contributed by atoms with Crippen molar-refractivity contribution in [1.29, 1.82) is 0 Å². The SMILES string of the molecule is Brc1cc(-c2ccc3sc4ccccc4c3c2)cc(-c2ccc3sc4ccccc4c3c2)c1.Brc1cc(Br)cc(-c2ccc3sc4ccccc4c3c2)c1.Brc1cc(Br)cc(Br)c1.CC1(C)OB(c2cc(-c3ccc4sc5ccccc5c4c3)cc(-c3ccc4sc5ccccc5c4c3)c2)OC1(C)C.OB(O)c1ccc2sc3ccccc3c2c1.OB(O)c1ccc2sc3ccccc3c2c1. The maximum absolute atomic E-state index is 9.15. The van der Waals surface area contributed by atoms with Crippen LogP contribution in [0.3, 0.4) is 0 Å². The standard InChI is InChI=1S/C36H29BO2S2.C30H17BrS2.C18H10Br2S.2C12H9BO2S.C6H3Br3/c1-35(2)36(3,4)39-37(38-35)26-18-24(22-13-15-33-29(20-22)27-9-5-7-11-31(27)40-33)17-25(19-26)23-14-16-34-30(21-23)28-10-6-8-12-32(28)41-34;31-22-14-20(18-9-11-29-25(16-18)23-5-1-3-7-27(23)32-29)13-21(15-22)19-10-12-30-26(17-19)24-6-2-4-8-28(24)33-30;19-13-7-12(8-14(20)10-13)11-5-6-18-16(9-11)15-3-1-2-4-17(15)21-18;2*14-13(15)8-5-6-12-10(7-8)9-3-1-2-4-11(9)16-12;7-4-1-5(8)3-6(9)2-4/h5-21H,1-4H3;1-17H;1-10H;2*1-7,14-15H;1-3H. The summed E-state index contributed by atoms with van der Waals surface area (Å²) in [5.41, 5.74) is 13.4. The smallest absolute Gasteiger partial charge is 0.423 e. The normalized spacial score (nSPS) is 12.8. The van der Waals surface area contributed by atoms with Crippen molar-refractivity contribution in [1.82, 2.24) is 0 Å². The highest BCUT2D eigenvalue weighted by atomic mass is 79.9. The molecule has 0 unspecified atom stereocenters. The molecule has 0 aliphatic carbocycles. The number of fused-ring (bicyclic) bond motifs is 21. The van der Waals surface area contributed by atoms with Crippen molar-refractivity contribution in [2.24, 2.45) is 0 Å². The van der Waals surface area contributed by atoms with Crippen LogP contribution in [0.5, 0.6) is 0 Å².